The molecule has 14 amide bonds. The Morgan fingerprint density at radius 2 is 1.33 bits per heavy atom. The van der Waals surface area contributed by atoms with Crippen molar-refractivity contribution in [3.05, 3.63) is 18.2 Å². The number of carbonyl (C=O) groups excluding carboxylic acids is 14. The van der Waals surface area contributed by atoms with Crippen molar-refractivity contribution < 1.29 is 82.1 Å². The molecule has 0 spiro atoms. The minimum atomic E-state index is -1.71. The molecule has 4 aliphatic rings. The number of H-pyrrole nitrogens is 1. The molecule has 0 saturated carbocycles. The lowest BCUT2D eigenvalue weighted by Gasteiger charge is -2.31. The number of carboxylic acids is 1. The zero-order valence-electron chi connectivity index (χ0n) is 51.2. The van der Waals surface area contributed by atoms with Crippen molar-refractivity contribution in [1.82, 2.24) is 78.7 Å². The van der Waals surface area contributed by atoms with Crippen LogP contribution >= 0.6 is 43.2 Å². The van der Waals surface area contributed by atoms with Gasteiger partial charge in [0, 0.05) is 60.7 Å². The van der Waals surface area contributed by atoms with E-state index in [1.165, 1.54) is 12.5 Å². The summed E-state index contributed by atoms with van der Waals surface area (Å²) in [5, 5.41) is 52.0. The van der Waals surface area contributed by atoms with E-state index < -0.39 is 198 Å². The van der Waals surface area contributed by atoms with E-state index >= 15 is 0 Å². The summed E-state index contributed by atoms with van der Waals surface area (Å²) < 4.78 is 0. The molecule has 4 saturated heterocycles. The SMILES string of the molecule is CC(C)C[C@@H]1NC(=O)[C@H](CCCCN)NC(=O)[C@H](CCC(N)=O)NC(=O)CNC(=O)[C@@H]2CSSC[C@H](NC1=O)C(=O)N[C@@H](Cc1cnc[nH]1)C(=O)N1CC[C@H](O)[C@H]1C(=O)N[C@H](C(=O)O)CSSC[C@H](NC(=O)[C@@H](NC(=O)CNC(=O)[C@@H]1CCC(=O)N1)C(C)C)C(=O)N2. The van der Waals surface area contributed by atoms with E-state index in [0.29, 0.717) is 12.1 Å². The number of unbranched alkanes of at least 4 members (excludes halogenated alkanes) is 1. The first kappa shape index (κ1) is 75.3. The molecule has 5 heterocycles. The molecule has 1 aromatic heterocycles. The Kier molecular flexibility index (Phi) is 30.5. The predicted octanol–water partition coefficient (Wildman–Crippen LogP) is -6.24. The second-order valence-electron chi connectivity index (χ2n) is 22.9. The summed E-state index contributed by atoms with van der Waals surface area (Å²) in [5.41, 5.74) is 11.5. The van der Waals surface area contributed by atoms with Gasteiger partial charge in [0.05, 0.1) is 25.5 Å². The van der Waals surface area contributed by atoms with Crippen LogP contribution in [0.3, 0.4) is 0 Å². The normalized spacial score (nSPS) is 26.9. The number of amides is 14. The lowest BCUT2D eigenvalue weighted by Crippen LogP contribution is -2.61. The van der Waals surface area contributed by atoms with Gasteiger partial charge >= 0.3 is 5.97 Å². The summed E-state index contributed by atoms with van der Waals surface area (Å²) in [5.74, 6) is -16.5. The quantitative estimate of drug-likeness (QED) is 0.0453. The first-order chi connectivity index (χ1) is 43.6. The van der Waals surface area contributed by atoms with Crippen LogP contribution in [0.2, 0.25) is 0 Å². The van der Waals surface area contributed by atoms with Gasteiger partial charge in [0.15, 0.2) is 0 Å². The molecular formula is C54H83N17O17S4. The van der Waals surface area contributed by atoms with Gasteiger partial charge in [-0.15, -0.1) is 0 Å². The lowest BCUT2D eigenvalue weighted by atomic mass is 10.0. The molecule has 1 aromatic rings. The highest BCUT2D eigenvalue weighted by Gasteiger charge is 2.45. The number of carboxylic acid groups (broad SMARTS) is 1. The molecule has 0 aliphatic carbocycles. The summed E-state index contributed by atoms with van der Waals surface area (Å²) in [7, 11) is 3.42. The van der Waals surface area contributed by atoms with Gasteiger partial charge in [0.1, 0.15) is 66.5 Å². The number of primary amides is 1. The Bertz CT molecular complexity index is 2840. The molecule has 19 N–H and O–H groups in total. The summed E-state index contributed by atoms with van der Waals surface area (Å²) in [6.45, 7) is 5.11. The number of hydrogen-bond donors (Lipinski definition) is 17. The highest BCUT2D eigenvalue weighted by molar-refractivity contribution is 8.77. The van der Waals surface area contributed by atoms with E-state index in [1.807, 2.05) is 0 Å². The number of aliphatic hydroxyl groups is 1. The van der Waals surface area contributed by atoms with Crippen LogP contribution in [0.5, 0.6) is 0 Å². The van der Waals surface area contributed by atoms with Crippen LogP contribution in [0.4, 0.5) is 0 Å². The number of nitrogens with one attached hydrogen (secondary N) is 13. The Morgan fingerprint density at radius 3 is 1.95 bits per heavy atom. The largest absolute Gasteiger partial charge is 0.480 e. The number of nitrogens with zero attached hydrogens (tertiary/aromatic N) is 2. The number of hydrogen-bond acceptors (Lipinski definition) is 22. The van der Waals surface area contributed by atoms with Gasteiger partial charge < -0.3 is 95.4 Å². The molecule has 0 radical (unpaired) electrons. The molecule has 4 aliphatic heterocycles. The standard InChI is InChI=1S/C54H83N17O17S4/c1-25(2)15-31-48(81)67-34-21-90-89-20-33(45(78)59-18-40(75)62-30(8-10-38(56)73)47(80)63-28(46(79)64-31)7-5-6-13-55)66-50(83)35(68-51(84)42(26(3)4)70-41(76)19-58-44(77)29-9-11-39(74)61-29)22-91-92-23-36(54(87)88)69-52(85)43-37(72)12-14-71(43)53(86)32(65-49(34)82)16-27-17-57-24-60-27/h17,24-26,28-37,42-43,72H,5-16,18-23,55H2,1-4H3,(H2,56,73)(H,57,60)(H,58,77)(H,59,78)(H,61,74)(H,62,75)(H,63,80)(H,64,79)(H,65,82)(H,66,83)(H,67,81)(H,68,84)(H,69,85)(H,70,76)(H,87,88)/t28-,29-,30-,31-,32-,33-,34-,35-,36-,37-,42-,43-/m0/s1. The van der Waals surface area contributed by atoms with Crippen molar-refractivity contribution in [1.29, 1.82) is 0 Å². The lowest BCUT2D eigenvalue weighted by molar-refractivity contribution is -0.146. The number of aromatic nitrogens is 2. The van der Waals surface area contributed by atoms with E-state index in [-0.39, 0.29) is 82.0 Å². The third-order valence-corrected chi connectivity index (χ3v) is 19.6. The molecule has 0 aromatic carbocycles. The van der Waals surface area contributed by atoms with Gasteiger partial charge in [0.2, 0.25) is 82.7 Å². The Labute approximate surface area is 545 Å². The van der Waals surface area contributed by atoms with Crippen LogP contribution in [-0.4, -0.2) is 236 Å². The minimum Gasteiger partial charge on any atom is -0.480 e. The van der Waals surface area contributed by atoms with Crippen LogP contribution in [0.15, 0.2) is 12.5 Å². The van der Waals surface area contributed by atoms with Gasteiger partial charge in [-0.25, -0.2) is 9.78 Å². The average molecular weight is 1370 g/mol. The third kappa shape index (κ3) is 23.9. The summed E-state index contributed by atoms with van der Waals surface area (Å²) >= 11 is 0. The van der Waals surface area contributed by atoms with E-state index in [2.05, 4.69) is 73.8 Å². The topological polar surface area (TPSA) is 525 Å². The zero-order chi connectivity index (χ0) is 67.8. The number of imidazole rings is 1. The van der Waals surface area contributed by atoms with Crippen LogP contribution in [0, 0.1) is 11.8 Å². The Balaban J connectivity index is 1.59. The first-order valence-electron chi connectivity index (χ1n) is 29.9. The highest BCUT2D eigenvalue weighted by atomic mass is 33.1. The molecule has 92 heavy (non-hydrogen) atoms. The van der Waals surface area contributed by atoms with Crippen molar-refractivity contribution in [2.45, 2.75) is 164 Å². The van der Waals surface area contributed by atoms with Gasteiger partial charge in [0.25, 0.3) is 0 Å². The molecule has 4 fully saturated rings. The number of aliphatic carboxylic acids is 1. The maximum Gasteiger partial charge on any atom is 0.327 e. The number of rotatable bonds is 19. The summed E-state index contributed by atoms with van der Waals surface area (Å²) in [4.78, 5) is 214. The smallest absolute Gasteiger partial charge is 0.327 e. The van der Waals surface area contributed by atoms with E-state index in [4.69, 9.17) is 11.5 Å². The molecule has 34 nitrogen and oxygen atoms in total. The van der Waals surface area contributed by atoms with Crippen molar-refractivity contribution in [3.8, 4) is 0 Å². The summed E-state index contributed by atoms with van der Waals surface area (Å²) in [6.07, 6.45) is 0.795. The Morgan fingerprint density at radius 1 is 0.696 bits per heavy atom. The number of carbonyl (C=O) groups is 15. The number of aliphatic hydroxyl groups excluding tert-OH is 1. The monoisotopic (exact) mass is 1370 g/mol. The highest BCUT2D eigenvalue weighted by Crippen LogP contribution is 2.27. The molecule has 5 rings (SSSR count). The second-order valence-corrected chi connectivity index (χ2v) is 28.0. The van der Waals surface area contributed by atoms with Crippen molar-refractivity contribution in [3.63, 3.8) is 0 Å². The molecular weight excluding hydrogens is 1290 g/mol. The van der Waals surface area contributed by atoms with Gasteiger partial charge in [-0.05, 0) is 63.3 Å². The van der Waals surface area contributed by atoms with E-state index in [0.717, 1.165) is 48.1 Å². The maximum absolute atomic E-state index is 14.9. The zero-order valence-corrected chi connectivity index (χ0v) is 54.4. The predicted molar refractivity (Wildman–Crippen MR) is 336 cm³/mol. The number of fused-ring (bicyclic) bond motifs is 6. The molecule has 0 unspecified atom stereocenters. The fourth-order valence-electron chi connectivity index (χ4n) is 9.84. The fourth-order valence-corrected chi connectivity index (χ4v) is 14.5. The first-order valence-corrected chi connectivity index (χ1v) is 34.9. The van der Waals surface area contributed by atoms with Crippen LogP contribution in [-0.2, 0) is 78.3 Å². The van der Waals surface area contributed by atoms with Crippen molar-refractivity contribution >= 4 is 132 Å². The van der Waals surface area contributed by atoms with Gasteiger partial charge in [-0.1, -0.05) is 70.9 Å². The number of nitrogens with two attached hydrogens (primary N) is 2. The van der Waals surface area contributed by atoms with E-state index in [9.17, 15) is 82.1 Å². The van der Waals surface area contributed by atoms with Crippen LogP contribution in [0.25, 0.3) is 0 Å². The summed E-state index contributed by atoms with van der Waals surface area (Å²) in [6, 6.07) is -16.4. The van der Waals surface area contributed by atoms with Crippen molar-refractivity contribution in [2.24, 2.45) is 23.3 Å². The second kappa shape index (κ2) is 37.3. The molecule has 2 bridgehead atoms. The molecule has 12 atom stereocenters. The maximum atomic E-state index is 14.9. The molecule has 510 valence electrons. The fraction of sp³-hybridized carbons (Fsp3) is 0.667. The van der Waals surface area contributed by atoms with E-state index in [1.54, 1.807) is 27.7 Å². The average Bonchev–Trinajstić information content (AvgIpc) is 1.64. The van der Waals surface area contributed by atoms with Gasteiger partial charge in [-0.3, -0.25) is 67.1 Å². The Hall–Kier alpha value is -7.42. The number of aromatic amines is 1. The van der Waals surface area contributed by atoms with Crippen LogP contribution < -0.4 is 75.3 Å². The minimum absolute atomic E-state index is 0.0340. The van der Waals surface area contributed by atoms with Crippen LogP contribution in [0.1, 0.15) is 91.2 Å². The third-order valence-electron chi connectivity index (χ3n) is 14.8. The molecule has 38 heteroatoms. The van der Waals surface area contributed by atoms with Gasteiger partial charge in [-0.2, -0.15) is 0 Å². The van der Waals surface area contributed by atoms with Crippen molar-refractivity contribution in [2.75, 3.05) is 49.2 Å².